The predicted molar refractivity (Wildman–Crippen MR) is 262 cm³/mol. The summed E-state index contributed by atoms with van der Waals surface area (Å²) >= 11 is 0. The van der Waals surface area contributed by atoms with Crippen LogP contribution in [0.1, 0.15) is 107 Å². The van der Waals surface area contributed by atoms with Crippen molar-refractivity contribution in [2.75, 3.05) is 26.4 Å². The average Bonchev–Trinajstić information content (AvgIpc) is 3.77. The molecule has 0 bridgehead atoms. The minimum Gasteiger partial charge on any atom is -0.394 e. The van der Waals surface area contributed by atoms with Gasteiger partial charge in [-0.2, -0.15) is 0 Å². The number of hydrogen-bond donors (Lipinski definition) is 15. The normalized spacial score (nSPS) is 53.2. The van der Waals surface area contributed by atoms with Gasteiger partial charge >= 0.3 is 0 Å². The first kappa shape index (κ1) is 60.9. The molecular formula is C53H90O23. The Bertz CT molecular complexity index is 1980. The van der Waals surface area contributed by atoms with Gasteiger partial charge < -0.3 is 114 Å². The second kappa shape index (κ2) is 22.9. The zero-order valence-corrected chi connectivity index (χ0v) is 45.0. The summed E-state index contributed by atoms with van der Waals surface area (Å²) in [6.07, 6.45) is -26.4. The van der Waals surface area contributed by atoms with Crippen molar-refractivity contribution in [3.8, 4) is 0 Å². The van der Waals surface area contributed by atoms with Crippen LogP contribution < -0.4 is 0 Å². The lowest BCUT2D eigenvalue weighted by atomic mass is 9.35. The molecule has 0 amide bonds. The van der Waals surface area contributed by atoms with E-state index in [1.165, 1.54) is 0 Å². The summed E-state index contributed by atoms with van der Waals surface area (Å²) in [4.78, 5) is 0. The minimum atomic E-state index is -1.83. The summed E-state index contributed by atoms with van der Waals surface area (Å²) < 4.78 is 47.9. The fourth-order valence-corrected chi connectivity index (χ4v) is 16.2. The molecule has 440 valence electrons. The van der Waals surface area contributed by atoms with E-state index in [9.17, 15) is 76.6 Å². The largest absolute Gasteiger partial charge is 0.394 e. The summed E-state index contributed by atoms with van der Waals surface area (Å²) in [5.41, 5.74) is -2.20. The highest BCUT2D eigenvalue weighted by molar-refractivity contribution is 5.21. The Morgan fingerprint density at radius 3 is 1.80 bits per heavy atom. The Morgan fingerprint density at radius 1 is 0.592 bits per heavy atom. The number of hydrogen-bond acceptors (Lipinski definition) is 23. The van der Waals surface area contributed by atoms with Crippen molar-refractivity contribution in [2.24, 2.45) is 45.3 Å². The van der Waals surface area contributed by atoms with Crippen LogP contribution in [0.2, 0.25) is 0 Å². The molecular weight excluding hydrogens is 1000 g/mol. The van der Waals surface area contributed by atoms with E-state index < -0.39 is 177 Å². The molecule has 8 aliphatic rings. The average molecular weight is 1100 g/mol. The molecule has 0 aromatic heterocycles. The molecule has 30 atom stereocenters. The van der Waals surface area contributed by atoms with Gasteiger partial charge in [0, 0.05) is 0 Å². The Morgan fingerprint density at radius 2 is 1.16 bits per heavy atom. The second-order valence-electron chi connectivity index (χ2n) is 25.5. The van der Waals surface area contributed by atoms with Crippen molar-refractivity contribution < 1.29 is 114 Å². The van der Waals surface area contributed by atoms with Gasteiger partial charge in [-0.1, -0.05) is 46.3 Å². The van der Waals surface area contributed by atoms with Crippen LogP contribution in [0.25, 0.3) is 0 Å². The van der Waals surface area contributed by atoms with Gasteiger partial charge in [0.1, 0.15) is 91.6 Å². The van der Waals surface area contributed by atoms with E-state index in [2.05, 4.69) is 26.8 Å². The van der Waals surface area contributed by atoms with E-state index >= 15 is 0 Å². The van der Waals surface area contributed by atoms with Crippen molar-refractivity contribution in [1.82, 2.24) is 0 Å². The first-order valence-corrected chi connectivity index (χ1v) is 27.4. The van der Waals surface area contributed by atoms with Crippen LogP contribution in [0.15, 0.2) is 11.6 Å². The highest BCUT2D eigenvalue weighted by Crippen LogP contribution is 2.76. The molecule has 15 N–H and O–H groups in total. The molecule has 4 heterocycles. The number of allylic oxidation sites excluding steroid dienone is 2. The molecule has 8 fully saturated rings. The van der Waals surface area contributed by atoms with Gasteiger partial charge in [-0.15, -0.1) is 0 Å². The fourth-order valence-electron chi connectivity index (χ4n) is 16.2. The van der Waals surface area contributed by atoms with Crippen LogP contribution in [-0.4, -0.2) is 244 Å². The van der Waals surface area contributed by atoms with Gasteiger partial charge in [0.05, 0.1) is 50.3 Å². The van der Waals surface area contributed by atoms with E-state index in [1.807, 2.05) is 34.6 Å². The maximum atomic E-state index is 12.8. The standard InChI is InChI=1S/C53H90O23/c1-22(2)10-9-13-53(8,76-48-41(67)37(63)35(61)29(73-48)21-70-45-39(65)33(59)26(58)20-69-45)23-11-14-52(7)32(23)24(56)16-31-50(5)17-25(57)44(49(3,4)30(50)12-15-51(31,52)6)75-47-42(68)38(64)43(28(19-55)72-47)74-46-40(66)36(62)34(60)27(18-54)71-46/h10,23-48,54-68H,9,11-21H2,1-8H3. The summed E-state index contributed by atoms with van der Waals surface area (Å²) in [7, 11) is 0. The number of rotatable bonds is 15. The zero-order valence-electron chi connectivity index (χ0n) is 45.0. The lowest BCUT2D eigenvalue weighted by Crippen LogP contribution is -2.70. The number of ether oxygens (including phenoxy) is 8. The third-order valence-electron chi connectivity index (χ3n) is 20.4. The predicted octanol–water partition coefficient (Wildman–Crippen LogP) is -2.59. The SMILES string of the molecule is CC(C)=CCCC(C)(OC1OC(COC2OCC(O)C(O)C2O)C(O)C(O)C1O)C1CCC2(C)C1C(O)CC1C3(C)CC(O)C(OC4OC(CO)C(OC5OC(CO)C(O)C(O)C5O)C(O)C4O)C(C)(C)C3CCC12C. The maximum absolute atomic E-state index is 12.8. The fraction of sp³-hybridized carbons (Fsp3) is 0.962. The first-order valence-electron chi connectivity index (χ1n) is 27.4. The molecule has 0 aromatic rings. The van der Waals surface area contributed by atoms with Crippen LogP contribution in [0.3, 0.4) is 0 Å². The molecule has 4 saturated carbocycles. The zero-order chi connectivity index (χ0) is 55.9. The molecule has 0 aromatic carbocycles. The van der Waals surface area contributed by atoms with Gasteiger partial charge in [0.25, 0.3) is 0 Å². The minimum absolute atomic E-state index is 0.0940. The maximum Gasteiger partial charge on any atom is 0.187 e. The molecule has 4 aliphatic carbocycles. The van der Waals surface area contributed by atoms with Crippen molar-refractivity contribution in [2.45, 2.75) is 247 Å². The third kappa shape index (κ3) is 10.5. The quantitative estimate of drug-likeness (QED) is 0.0591. The Hall–Kier alpha value is -1.18. The molecule has 8 rings (SSSR count). The van der Waals surface area contributed by atoms with E-state index in [4.69, 9.17) is 37.9 Å². The van der Waals surface area contributed by atoms with Crippen molar-refractivity contribution in [3.63, 3.8) is 0 Å². The van der Waals surface area contributed by atoms with Gasteiger partial charge in [-0.05, 0) is 117 Å². The van der Waals surface area contributed by atoms with Crippen molar-refractivity contribution in [3.05, 3.63) is 11.6 Å². The summed E-state index contributed by atoms with van der Waals surface area (Å²) in [6, 6.07) is 0. The molecule has 23 nitrogen and oxygen atoms in total. The molecule has 0 radical (unpaired) electrons. The molecule has 4 saturated heterocycles. The van der Waals surface area contributed by atoms with Gasteiger partial charge in [0.15, 0.2) is 25.2 Å². The Labute approximate surface area is 444 Å². The highest BCUT2D eigenvalue weighted by atomic mass is 16.8. The number of aliphatic hydroxyl groups excluding tert-OH is 15. The van der Waals surface area contributed by atoms with E-state index in [0.29, 0.717) is 32.1 Å². The molecule has 4 aliphatic heterocycles. The summed E-state index contributed by atoms with van der Waals surface area (Å²) in [5.74, 6) is -0.794. The molecule has 76 heavy (non-hydrogen) atoms. The van der Waals surface area contributed by atoms with E-state index in [0.717, 1.165) is 18.4 Å². The second-order valence-corrected chi connectivity index (χ2v) is 25.5. The topological polar surface area (TPSA) is 377 Å². The van der Waals surface area contributed by atoms with Gasteiger partial charge in [0.2, 0.25) is 0 Å². The lowest BCUT2D eigenvalue weighted by molar-refractivity contribution is -0.373. The van der Waals surface area contributed by atoms with E-state index in [1.54, 1.807) is 0 Å². The third-order valence-corrected chi connectivity index (χ3v) is 20.4. The molecule has 30 unspecified atom stereocenters. The summed E-state index contributed by atoms with van der Waals surface area (Å²) in [6.45, 7) is 14.4. The van der Waals surface area contributed by atoms with Crippen molar-refractivity contribution >= 4 is 0 Å². The first-order chi connectivity index (χ1) is 35.5. The van der Waals surface area contributed by atoms with Crippen LogP contribution >= 0.6 is 0 Å². The Balaban J connectivity index is 0.990. The number of fused-ring (bicyclic) bond motifs is 5. The van der Waals surface area contributed by atoms with Crippen LogP contribution in [0.5, 0.6) is 0 Å². The lowest BCUT2D eigenvalue weighted by Gasteiger charge is -2.71. The van der Waals surface area contributed by atoms with Gasteiger partial charge in [-0.3, -0.25) is 0 Å². The van der Waals surface area contributed by atoms with Crippen LogP contribution in [0.4, 0.5) is 0 Å². The van der Waals surface area contributed by atoms with E-state index in [-0.39, 0.29) is 42.1 Å². The van der Waals surface area contributed by atoms with Crippen LogP contribution in [0, 0.1) is 45.3 Å². The number of aliphatic hydroxyl groups is 15. The molecule has 23 heteroatoms. The summed E-state index contributed by atoms with van der Waals surface area (Å²) in [5, 5.41) is 164. The smallest absolute Gasteiger partial charge is 0.187 e. The Kier molecular flexibility index (Phi) is 18.3. The highest BCUT2D eigenvalue weighted by Gasteiger charge is 2.73. The van der Waals surface area contributed by atoms with Crippen LogP contribution in [-0.2, 0) is 37.9 Å². The monoisotopic (exact) mass is 1090 g/mol. The van der Waals surface area contributed by atoms with Crippen molar-refractivity contribution in [1.29, 1.82) is 0 Å². The van der Waals surface area contributed by atoms with Gasteiger partial charge in [-0.25, -0.2) is 0 Å². The molecule has 0 spiro atoms.